The maximum absolute atomic E-state index is 12.0. The zero-order valence-corrected chi connectivity index (χ0v) is 8.59. The molecule has 2 aromatic rings. The molecule has 17 heavy (non-hydrogen) atoms. The van der Waals surface area contributed by atoms with Crippen LogP contribution in [0.15, 0.2) is 18.5 Å². The fraction of sp³-hybridized carbons (Fsp3) is 0.250. The van der Waals surface area contributed by atoms with E-state index in [-0.39, 0.29) is 17.8 Å². The monoisotopic (exact) mass is 241 g/mol. The van der Waals surface area contributed by atoms with Gasteiger partial charge in [-0.3, -0.25) is 0 Å². The molecular formula is C8H9F2N7. The van der Waals surface area contributed by atoms with Crippen LogP contribution in [0.2, 0.25) is 0 Å². The third kappa shape index (κ3) is 2.83. The number of halogens is 2. The van der Waals surface area contributed by atoms with Crippen LogP contribution in [0.5, 0.6) is 0 Å². The zero-order valence-electron chi connectivity index (χ0n) is 8.59. The third-order valence-electron chi connectivity index (χ3n) is 1.76. The predicted molar refractivity (Wildman–Crippen MR) is 55.9 cm³/mol. The number of nitrogens with zero attached hydrogens (tertiary/aromatic N) is 5. The molecule has 3 N–H and O–H groups in total. The Balaban J connectivity index is 2.24. The first-order valence-electron chi connectivity index (χ1n) is 4.69. The maximum atomic E-state index is 12.0. The van der Waals surface area contributed by atoms with Crippen LogP contribution in [-0.2, 0) is 0 Å². The highest BCUT2D eigenvalue weighted by Crippen LogP contribution is 2.06. The lowest BCUT2D eigenvalue weighted by Gasteiger charge is -2.06. The summed E-state index contributed by atoms with van der Waals surface area (Å²) < 4.78 is 25.4. The van der Waals surface area contributed by atoms with Crippen LogP contribution in [0.25, 0.3) is 5.95 Å². The van der Waals surface area contributed by atoms with Crippen molar-refractivity contribution >= 4 is 11.9 Å². The Morgan fingerprint density at radius 2 is 2.18 bits per heavy atom. The summed E-state index contributed by atoms with van der Waals surface area (Å²) in [5.41, 5.74) is 5.44. The van der Waals surface area contributed by atoms with Crippen LogP contribution < -0.4 is 11.1 Å². The Morgan fingerprint density at radius 3 is 2.82 bits per heavy atom. The van der Waals surface area contributed by atoms with Crippen molar-refractivity contribution < 1.29 is 8.78 Å². The Hall–Kier alpha value is -2.32. The molecule has 0 aliphatic carbocycles. The van der Waals surface area contributed by atoms with E-state index in [9.17, 15) is 8.78 Å². The highest BCUT2D eigenvalue weighted by atomic mass is 19.3. The first-order valence-corrected chi connectivity index (χ1v) is 4.69. The van der Waals surface area contributed by atoms with Crippen LogP contribution in [0.1, 0.15) is 0 Å². The van der Waals surface area contributed by atoms with Gasteiger partial charge < -0.3 is 11.1 Å². The van der Waals surface area contributed by atoms with E-state index in [1.165, 1.54) is 10.9 Å². The molecule has 90 valence electrons. The lowest BCUT2D eigenvalue weighted by Crippen LogP contribution is -2.15. The number of hydrogen-bond donors (Lipinski definition) is 2. The van der Waals surface area contributed by atoms with E-state index in [0.717, 1.165) is 0 Å². The summed E-state index contributed by atoms with van der Waals surface area (Å²) in [7, 11) is 0. The fourth-order valence-electron chi connectivity index (χ4n) is 1.12. The number of nitrogen functional groups attached to an aromatic ring is 1. The molecule has 0 unspecified atom stereocenters. The minimum absolute atomic E-state index is 0.0108. The molecule has 2 heterocycles. The van der Waals surface area contributed by atoms with Gasteiger partial charge in [0.1, 0.15) is 0 Å². The molecule has 0 aromatic carbocycles. The molecule has 0 atom stereocenters. The van der Waals surface area contributed by atoms with Gasteiger partial charge in [0.05, 0.1) is 6.54 Å². The molecule has 0 fully saturated rings. The van der Waals surface area contributed by atoms with Crippen LogP contribution in [0.3, 0.4) is 0 Å². The van der Waals surface area contributed by atoms with Crippen LogP contribution in [-0.4, -0.2) is 37.7 Å². The molecule has 9 heteroatoms. The smallest absolute Gasteiger partial charge is 0.257 e. The minimum Gasteiger partial charge on any atom is -0.368 e. The summed E-state index contributed by atoms with van der Waals surface area (Å²) in [6.07, 6.45) is 0.638. The molecule has 0 radical (unpaired) electrons. The average Bonchev–Trinajstić information content (AvgIpc) is 2.79. The summed E-state index contributed by atoms with van der Waals surface area (Å²) in [6.45, 7) is -0.554. The summed E-state index contributed by atoms with van der Waals surface area (Å²) in [6, 6.07) is 1.67. The van der Waals surface area contributed by atoms with Gasteiger partial charge in [0.15, 0.2) is 0 Å². The predicted octanol–water partition coefficient (Wildman–Crippen LogP) is 0.316. The average molecular weight is 241 g/mol. The molecule has 0 aliphatic heterocycles. The number of aromatic nitrogens is 5. The number of alkyl halides is 2. The van der Waals surface area contributed by atoms with Crippen molar-refractivity contribution in [3.05, 3.63) is 18.5 Å². The van der Waals surface area contributed by atoms with E-state index in [1.807, 2.05) is 0 Å². The lowest BCUT2D eigenvalue weighted by atomic mass is 10.6. The van der Waals surface area contributed by atoms with Crippen molar-refractivity contribution in [3.63, 3.8) is 0 Å². The van der Waals surface area contributed by atoms with Gasteiger partial charge in [0.2, 0.25) is 11.9 Å². The summed E-state index contributed by atoms with van der Waals surface area (Å²) in [4.78, 5) is 11.4. The minimum atomic E-state index is -2.50. The first kappa shape index (κ1) is 11.2. The quantitative estimate of drug-likeness (QED) is 0.800. The Kier molecular flexibility index (Phi) is 3.08. The van der Waals surface area contributed by atoms with E-state index >= 15 is 0 Å². The second-order valence-electron chi connectivity index (χ2n) is 3.04. The van der Waals surface area contributed by atoms with Gasteiger partial charge in [0, 0.05) is 12.4 Å². The van der Waals surface area contributed by atoms with Crippen molar-refractivity contribution in [2.24, 2.45) is 0 Å². The summed E-state index contributed by atoms with van der Waals surface area (Å²) in [5, 5.41) is 6.25. The van der Waals surface area contributed by atoms with Gasteiger partial charge in [-0.15, -0.1) is 0 Å². The Labute approximate surface area is 94.7 Å². The summed E-state index contributed by atoms with van der Waals surface area (Å²) >= 11 is 0. The first-order chi connectivity index (χ1) is 8.15. The largest absolute Gasteiger partial charge is 0.368 e. The zero-order chi connectivity index (χ0) is 12.3. The number of hydrogen-bond acceptors (Lipinski definition) is 6. The molecule has 2 aromatic heterocycles. The molecule has 0 bridgehead atoms. The normalized spacial score (nSPS) is 10.8. The van der Waals surface area contributed by atoms with E-state index in [4.69, 9.17) is 5.73 Å². The topological polar surface area (TPSA) is 94.5 Å². The molecule has 0 saturated carbocycles. The fourth-order valence-corrected chi connectivity index (χ4v) is 1.12. The van der Waals surface area contributed by atoms with E-state index in [2.05, 4.69) is 25.4 Å². The van der Waals surface area contributed by atoms with Gasteiger partial charge >= 0.3 is 0 Å². The van der Waals surface area contributed by atoms with Crippen molar-refractivity contribution in [1.82, 2.24) is 24.7 Å². The molecule has 0 spiro atoms. The van der Waals surface area contributed by atoms with Crippen molar-refractivity contribution in [3.8, 4) is 5.95 Å². The molecule has 2 rings (SSSR count). The Morgan fingerprint density at radius 1 is 1.35 bits per heavy atom. The second-order valence-corrected chi connectivity index (χ2v) is 3.04. The van der Waals surface area contributed by atoms with Gasteiger partial charge in [-0.25, -0.2) is 13.5 Å². The van der Waals surface area contributed by atoms with Crippen molar-refractivity contribution in [1.29, 1.82) is 0 Å². The highest BCUT2D eigenvalue weighted by Gasteiger charge is 2.08. The molecule has 0 aliphatic rings. The molecule has 7 nitrogen and oxygen atoms in total. The highest BCUT2D eigenvalue weighted by molar-refractivity contribution is 5.34. The maximum Gasteiger partial charge on any atom is 0.257 e. The number of nitrogens with one attached hydrogen (secondary N) is 1. The van der Waals surface area contributed by atoms with E-state index in [0.29, 0.717) is 0 Å². The van der Waals surface area contributed by atoms with E-state index < -0.39 is 13.0 Å². The third-order valence-corrected chi connectivity index (χ3v) is 1.76. The number of rotatable bonds is 4. The number of anilines is 2. The second kappa shape index (κ2) is 4.68. The standard InChI is InChI=1S/C8H9F2N7/c9-5(10)4-12-7-14-6(11)15-8(16-7)17-3-1-2-13-17/h1-3,5H,4H2,(H3,11,12,14,15,16). The van der Waals surface area contributed by atoms with Crippen molar-refractivity contribution in [2.45, 2.75) is 6.43 Å². The molecular weight excluding hydrogens is 232 g/mol. The van der Waals surface area contributed by atoms with Gasteiger partial charge in [-0.2, -0.15) is 20.1 Å². The molecule has 0 amide bonds. The SMILES string of the molecule is Nc1nc(NCC(F)F)nc(-n2cccn2)n1. The van der Waals surface area contributed by atoms with Gasteiger partial charge in [-0.1, -0.05) is 0 Å². The van der Waals surface area contributed by atoms with Gasteiger partial charge in [0.25, 0.3) is 12.4 Å². The molecule has 0 saturated heterocycles. The van der Waals surface area contributed by atoms with Crippen LogP contribution in [0, 0.1) is 0 Å². The lowest BCUT2D eigenvalue weighted by molar-refractivity contribution is 0.163. The van der Waals surface area contributed by atoms with Crippen LogP contribution >= 0.6 is 0 Å². The van der Waals surface area contributed by atoms with E-state index in [1.54, 1.807) is 12.3 Å². The number of nitrogens with two attached hydrogens (primary N) is 1. The van der Waals surface area contributed by atoms with Gasteiger partial charge in [-0.05, 0) is 6.07 Å². The van der Waals surface area contributed by atoms with Crippen LogP contribution in [0.4, 0.5) is 20.7 Å². The Bertz CT molecular complexity index is 485. The van der Waals surface area contributed by atoms with Crippen molar-refractivity contribution in [2.75, 3.05) is 17.6 Å². The summed E-state index contributed by atoms with van der Waals surface area (Å²) in [5.74, 6) is 0.0878.